The molecule has 0 amide bonds. The van der Waals surface area contributed by atoms with E-state index >= 15 is 0 Å². The number of anilines is 1. The fourth-order valence-corrected chi connectivity index (χ4v) is 4.97. The van der Waals surface area contributed by atoms with Gasteiger partial charge in [-0.15, -0.1) is 0 Å². The van der Waals surface area contributed by atoms with Crippen LogP contribution in [0.3, 0.4) is 0 Å². The molecular weight excluding hydrogens is 458 g/mol. The molecule has 9 nitrogen and oxygen atoms in total. The number of hydrogen-bond acceptors (Lipinski definition) is 5. The number of carbonyl (C=O) groups is 1. The van der Waals surface area contributed by atoms with Gasteiger partial charge in [-0.25, -0.2) is 4.79 Å². The van der Waals surface area contributed by atoms with Crippen LogP contribution in [0.2, 0.25) is 5.02 Å². The second-order valence-corrected chi connectivity index (χ2v) is 8.58. The number of aromatic amines is 2. The number of benzene rings is 2. The number of carboxylic acids is 1. The number of ether oxygens (including phenoxy) is 1. The van der Waals surface area contributed by atoms with E-state index in [1.165, 1.54) is 6.20 Å². The van der Waals surface area contributed by atoms with Crippen LogP contribution < -0.4 is 16.0 Å². The van der Waals surface area contributed by atoms with E-state index in [0.29, 0.717) is 62.6 Å². The number of H-pyrrole nitrogens is 2. The Morgan fingerprint density at radius 1 is 1.29 bits per heavy atom. The highest BCUT2D eigenvalue weighted by atomic mass is 35.5. The van der Waals surface area contributed by atoms with Gasteiger partial charge in [-0.3, -0.25) is 9.89 Å². The molecule has 10 heteroatoms. The van der Waals surface area contributed by atoms with Crippen LogP contribution in [0, 0.1) is 0 Å². The molecule has 0 bridgehead atoms. The summed E-state index contributed by atoms with van der Waals surface area (Å²) in [5, 5.41) is 18.9. The number of hydrogen-bond donors (Lipinski definition) is 4. The fraction of sp³-hybridized carbons (Fsp3) is 0.125. The van der Waals surface area contributed by atoms with Crippen molar-refractivity contribution in [1.29, 1.82) is 0 Å². The highest BCUT2D eigenvalue weighted by molar-refractivity contribution is 6.32. The van der Waals surface area contributed by atoms with Crippen LogP contribution in [0.4, 0.5) is 5.82 Å². The number of nitrogens with zero attached hydrogens (tertiary/aromatic N) is 2. The van der Waals surface area contributed by atoms with Crippen molar-refractivity contribution in [3.8, 4) is 16.9 Å². The number of rotatable bonds is 4. The molecular formula is C24H18ClN5O4. The van der Waals surface area contributed by atoms with E-state index in [0.717, 1.165) is 5.56 Å². The minimum absolute atomic E-state index is 0.0214. The predicted molar refractivity (Wildman–Crippen MR) is 129 cm³/mol. The van der Waals surface area contributed by atoms with Crippen LogP contribution in [0.15, 0.2) is 47.4 Å². The summed E-state index contributed by atoms with van der Waals surface area (Å²) in [5.41, 5.74) is 9.10. The van der Waals surface area contributed by atoms with Crippen molar-refractivity contribution in [3.63, 3.8) is 0 Å². The van der Waals surface area contributed by atoms with E-state index in [-0.39, 0.29) is 23.4 Å². The van der Waals surface area contributed by atoms with Gasteiger partial charge in [0.25, 0.3) is 5.56 Å². The molecule has 0 aliphatic carbocycles. The Morgan fingerprint density at radius 2 is 2.15 bits per heavy atom. The third-order valence-electron chi connectivity index (χ3n) is 6.26. The van der Waals surface area contributed by atoms with Gasteiger partial charge in [-0.1, -0.05) is 17.7 Å². The van der Waals surface area contributed by atoms with Crippen molar-refractivity contribution >= 4 is 45.2 Å². The van der Waals surface area contributed by atoms with E-state index in [2.05, 4.69) is 15.2 Å². The number of fused-ring (bicyclic) bond motifs is 4. The highest BCUT2D eigenvalue weighted by Gasteiger charge is 2.30. The van der Waals surface area contributed by atoms with E-state index in [1.54, 1.807) is 28.8 Å². The molecule has 0 atom stereocenters. The molecule has 0 unspecified atom stereocenters. The first-order valence-electron chi connectivity index (χ1n) is 10.6. The Bertz CT molecular complexity index is 1700. The summed E-state index contributed by atoms with van der Waals surface area (Å²) >= 11 is 6.56. The molecule has 0 spiro atoms. The minimum Gasteiger partial charge on any atom is -0.492 e. The standard InChI is InChI=1S/C24H18ClN5O4/c25-15-9-16-14(22(26)29-28-16)8-12(15)10-30-17-4-3-11-5-7-34-21(11)19(17)18(20(30)24(32)33)13-2-1-6-27-23(13)31/h1-4,6,8-9H,5,7,10H2,(H,27,31)(H,32,33)(H3,26,28,29). The molecule has 1 aliphatic rings. The zero-order valence-corrected chi connectivity index (χ0v) is 18.4. The van der Waals surface area contributed by atoms with Gasteiger partial charge in [-0.05, 0) is 41.5 Å². The lowest BCUT2D eigenvalue weighted by Crippen LogP contribution is -2.13. The molecule has 0 saturated carbocycles. The SMILES string of the molecule is Nc1n[nH]c2cc(Cl)c(Cn3c(C(=O)O)c(-c4ccc[nH]c4=O)c4c5c(ccc43)CCO5)cc12. The van der Waals surface area contributed by atoms with Crippen LogP contribution in [-0.4, -0.2) is 37.4 Å². The quantitative estimate of drug-likeness (QED) is 0.312. The third-order valence-corrected chi connectivity index (χ3v) is 6.61. The van der Waals surface area contributed by atoms with Crippen LogP contribution in [0.1, 0.15) is 21.6 Å². The number of aromatic carboxylic acids is 1. The van der Waals surface area contributed by atoms with Crippen LogP contribution >= 0.6 is 11.6 Å². The smallest absolute Gasteiger partial charge is 0.353 e. The number of pyridine rings is 1. The van der Waals surface area contributed by atoms with Crippen LogP contribution in [0.25, 0.3) is 32.9 Å². The molecule has 0 saturated heterocycles. The summed E-state index contributed by atoms with van der Waals surface area (Å²) in [6.45, 7) is 0.635. The zero-order chi connectivity index (χ0) is 23.6. The number of nitrogens with one attached hydrogen (secondary N) is 2. The molecule has 170 valence electrons. The largest absolute Gasteiger partial charge is 0.492 e. The summed E-state index contributed by atoms with van der Waals surface area (Å²) in [7, 11) is 0. The third kappa shape index (κ3) is 2.90. The summed E-state index contributed by atoms with van der Waals surface area (Å²) in [6, 6.07) is 10.6. The van der Waals surface area contributed by atoms with Gasteiger partial charge in [0.2, 0.25) is 0 Å². The number of carboxylic acid groups (broad SMARTS) is 1. The molecule has 1 aliphatic heterocycles. The average Bonchev–Trinajstić information content (AvgIpc) is 3.51. The number of halogens is 1. The Labute approximate surface area is 196 Å². The Morgan fingerprint density at radius 3 is 2.94 bits per heavy atom. The predicted octanol–water partition coefficient (Wildman–Crippen LogP) is 3.79. The number of aromatic nitrogens is 4. The van der Waals surface area contributed by atoms with Crippen molar-refractivity contribution in [2.75, 3.05) is 12.3 Å². The number of nitrogens with two attached hydrogens (primary N) is 1. The van der Waals surface area contributed by atoms with Gasteiger partial charge in [0.05, 0.1) is 28.6 Å². The van der Waals surface area contributed by atoms with Crippen LogP contribution in [-0.2, 0) is 13.0 Å². The van der Waals surface area contributed by atoms with Crippen molar-refractivity contribution in [2.45, 2.75) is 13.0 Å². The van der Waals surface area contributed by atoms with Gasteiger partial charge in [-0.2, -0.15) is 5.10 Å². The van der Waals surface area contributed by atoms with Gasteiger partial charge >= 0.3 is 5.97 Å². The second-order valence-electron chi connectivity index (χ2n) is 8.17. The molecule has 5 aromatic rings. The topological polar surface area (TPSA) is 139 Å². The lowest BCUT2D eigenvalue weighted by molar-refractivity contribution is 0.0687. The maximum Gasteiger partial charge on any atom is 0.353 e. The zero-order valence-electron chi connectivity index (χ0n) is 17.7. The van der Waals surface area contributed by atoms with Crippen molar-refractivity contribution < 1.29 is 14.6 Å². The number of nitrogen functional groups attached to an aromatic ring is 1. The van der Waals surface area contributed by atoms with Gasteiger partial charge in [0.1, 0.15) is 11.4 Å². The Hall–Kier alpha value is -4.24. The summed E-state index contributed by atoms with van der Waals surface area (Å²) in [6.07, 6.45) is 2.22. The molecule has 34 heavy (non-hydrogen) atoms. The molecule has 2 aromatic carbocycles. The minimum atomic E-state index is -1.17. The second kappa shape index (κ2) is 7.39. The van der Waals surface area contributed by atoms with E-state index in [9.17, 15) is 14.7 Å². The first-order valence-corrected chi connectivity index (χ1v) is 11.0. The molecule has 4 heterocycles. The van der Waals surface area contributed by atoms with Crippen molar-refractivity contribution in [1.82, 2.24) is 19.7 Å². The highest BCUT2D eigenvalue weighted by Crippen LogP contribution is 2.43. The van der Waals surface area contributed by atoms with E-state index in [4.69, 9.17) is 22.1 Å². The van der Waals surface area contributed by atoms with Crippen molar-refractivity contribution in [3.05, 3.63) is 74.8 Å². The molecule has 6 rings (SSSR count). The maximum absolute atomic E-state index is 12.8. The lowest BCUT2D eigenvalue weighted by atomic mass is 10.0. The van der Waals surface area contributed by atoms with Crippen LogP contribution in [0.5, 0.6) is 5.75 Å². The molecule has 3 aromatic heterocycles. The molecule has 0 fully saturated rings. The van der Waals surface area contributed by atoms with E-state index in [1.807, 2.05) is 12.1 Å². The summed E-state index contributed by atoms with van der Waals surface area (Å²) in [5.74, 6) is -0.231. The first-order chi connectivity index (χ1) is 16.4. The monoisotopic (exact) mass is 475 g/mol. The Kier molecular flexibility index (Phi) is 4.43. The van der Waals surface area contributed by atoms with Gasteiger partial charge in [0.15, 0.2) is 5.82 Å². The normalized spacial score (nSPS) is 12.9. The molecule has 0 radical (unpaired) electrons. The molecule has 5 N–H and O–H groups in total. The fourth-order valence-electron chi connectivity index (χ4n) is 4.74. The van der Waals surface area contributed by atoms with Crippen molar-refractivity contribution in [2.24, 2.45) is 0 Å². The summed E-state index contributed by atoms with van der Waals surface area (Å²) in [4.78, 5) is 28.1. The lowest BCUT2D eigenvalue weighted by Gasteiger charge is -2.11. The maximum atomic E-state index is 12.8. The summed E-state index contributed by atoms with van der Waals surface area (Å²) < 4.78 is 7.58. The first kappa shape index (κ1) is 20.4. The van der Waals surface area contributed by atoms with Gasteiger partial charge in [0, 0.05) is 35.1 Å². The average molecular weight is 476 g/mol. The van der Waals surface area contributed by atoms with E-state index < -0.39 is 5.97 Å². The van der Waals surface area contributed by atoms with Gasteiger partial charge < -0.3 is 25.1 Å². The Balaban J connectivity index is 1.69.